The molecule has 2 N–H and O–H groups in total. The zero-order valence-corrected chi connectivity index (χ0v) is 12.1. The van der Waals surface area contributed by atoms with Gasteiger partial charge in [-0.2, -0.15) is 0 Å². The van der Waals surface area contributed by atoms with E-state index >= 15 is 0 Å². The molecule has 21 heavy (non-hydrogen) atoms. The molecule has 3 rings (SSSR count). The summed E-state index contributed by atoms with van der Waals surface area (Å²) in [7, 11) is 3.72. The molecule has 0 aliphatic rings. The maximum absolute atomic E-state index is 12.7. The lowest BCUT2D eigenvalue weighted by molar-refractivity contribution is 0.0994. The van der Waals surface area contributed by atoms with Crippen LogP contribution in [0.25, 0.3) is 10.9 Å². The van der Waals surface area contributed by atoms with E-state index in [0.717, 1.165) is 16.6 Å². The van der Waals surface area contributed by atoms with Crippen molar-refractivity contribution in [2.75, 3.05) is 17.7 Å². The van der Waals surface area contributed by atoms with Crippen LogP contribution in [-0.4, -0.2) is 17.5 Å². The fourth-order valence-electron chi connectivity index (χ4n) is 2.51. The number of nitrogens with two attached hydrogens (primary N) is 1. The Balaban J connectivity index is 2.02. The van der Waals surface area contributed by atoms with Crippen LogP contribution in [0, 0.1) is 0 Å². The average molecular weight is 279 g/mol. The molecule has 106 valence electrons. The van der Waals surface area contributed by atoms with E-state index in [4.69, 9.17) is 5.73 Å². The summed E-state index contributed by atoms with van der Waals surface area (Å²) in [6, 6.07) is 15.2. The number of fused-ring (bicyclic) bond motifs is 1. The molecule has 1 aromatic heterocycles. The van der Waals surface area contributed by atoms with Crippen molar-refractivity contribution in [1.82, 2.24) is 4.57 Å². The van der Waals surface area contributed by atoms with Gasteiger partial charge in [-0.25, -0.2) is 0 Å². The summed E-state index contributed by atoms with van der Waals surface area (Å²) in [6.07, 6.45) is 1.88. The molecule has 1 heterocycles. The Bertz CT molecular complexity index is 803. The third kappa shape index (κ3) is 2.25. The molecule has 0 aliphatic carbocycles. The van der Waals surface area contributed by atoms with E-state index in [-0.39, 0.29) is 5.91 Å². The van der Waals surface area contributed by atoms with Crippen molar-refractivity contribution in [2.24, 2.45) is 7.05 Å². The van der Waals surface area contributed by atoms with Gasteiger partial charge < -0.3 is 15.2 Å². The number of nitrogen functional groups attached to an aromatic ring is 1. The molecule has 0 saturated carbocycles. The van der Waals surface area contributed by atoms with E-state index in [1.54, 1.807) is 24.1 Å². The van der Waals surface area contributed by atoms with Crippen molar-refractivity contribution < 1.29 is 4.79 Å². The van der Waals surface area contributed by atoms with Crippen LogP contribution in [0.1, 0.15) is 10.4 Å². The first-order valence-electron chi connectivity index (χ1n) is 6.75. The summed E-state index contributed by atoms with van der Waals surface area (Å²) in [5.74, 6) is -0.0310. The van der Waals surface area contributed by atoms with E-state index < -0.39 is 0 Å². The fraction of sp³-hybridized carbons (Fsp3) is 0.118. The number of carbonyl (C=O) groups is 1. The number of benzene rings is 2. The second-order valence-electron chi connectivity index (χ2n) is 5.13. The van der Waals surface area contributed by atoms with E-state index in [9.17, 15) is 4.79 Å². The average Bonchev–Trinajstić information content (AvgIpc) is 2.84. The molecule has 0 fully saturated rings. The van der Waals surface area contributed by atoms with Gasteiger partial charge in [-0.15, -0.1) is 0 Å². The number of anilines is 2. The van der Waals surface area contributed by atoms with Crippen LogP contribution in [-0.2, 0) is 7.05 Å². The number of aromatic nitrogens is 1. The molecule has 0 saturated heterocycles. The topological polar surface area (TPSA) is 51.3 Å². The highest BCUT2D eigenvalue weighted by Gasteiger charge is 2.18. The maximum atomic E-state index is 12.7. The Labute approximate surface area is 123 Å². The molecule has 2 aromatic carbocycles. The summed E-state index contributed by atoms with van der Waals surface area (Å²) in [5.41, 5.74) is 8.94. The molecule has 0 radical (unpaired) electrons. The molecule has 0 spiro atoms. The number of hydrogen-bond donors (Lipinski definition) is 1. The van der Waals surface area contributed by atoms with E-state index in [1.807, 2.05) is 54.2 Å². The first-order valence-corrected chi connectivity index (χ1v) is 6.75. The lowest BCUT2D eigenvalue weighted by Gasteiger charge is -2.17. The number of carbonyl (C=O) groups excluding carboxylic acids is 1. The number of rotatable bonds is 2. The molecule has 4 nitrogen and oxygen atoms in total. The zero-order valence-electron chi connectivity index (χ0n) is 12.1. The van der Waals surface area contributed by atoms with Crippen molar-refractivity contribution in [3.63, 3.8) is 0 Å². The van der Waals surface area contributed by atoms with Crippen molar-refractivity contribution >= 4 is 28.2 Å². The molecule has 0 aliphatic heterocycles. The molecule has 3 aromatic rings. The van der Waals surface area contributed by atoms with Crippen LogP contribution in [0.5, 0.6) is 0 Å². The highest BCUT2D eigenvalue weighted by atomic mass is 16.2. The normalized spacial score (nSPS) is 10.8. The van der Waals surface area contributed by atoms with Crippen molar-refractivity contribution in [1.29, 1.82) is 0 Å². The van der Waals surface area contributed by atoms with Gasteiger partial charge in [0, 0.05) is 42.6 Å². The summed E-state index contributed by atoms with van der Waals surface area (Å²) in [4.78, 5) is 14.4. The summed E-state index contributed by atoms with van der Waals surface area (Å²) in [6.45, 7) is 0. The Morgan fingerprint density at radius 1 is 1.10 bits per heavy atom. The third-order valence-electron chi connectivity index (χ3n) is 3.71. The molecule has 1 amide bonds. The van der Waals surface area contributed by atoms with Gasteiger partial charge in [0.05, 0.1) is 5.56 Å². The zero-order chi connectivity index (χ0) is 15.0. The Morgan fingerprint density at radius 3 is 2.48 bits per heavy atom. The van der Waals surface area contributed by atoms with Gasteiger partial charge in [0.1, 0.15) is 0 Å². The maximum Gasteiger partial charge on any atom is 0.260 e. The quantitative estimate of drug-likeness (QED) is 0.733. The number of amides is 1. The van der Waals surface area contributed by atoms with Crippen molar-refractivity contribution in [2.45, 2.75) is 0 Å². The van der Waals surface area contributed by atoms with Crippen molar-refractivity contribution in [3.8, 4) is 0 Å². The first-order chi connectivity index (χ1) is 10.1. The predicted molar refractivity (Wildman–Crippen MR) is 86.5 cm³/mol. The number of aryl methyl sites for hydroxylation is 1. The second kappa shape index (κ2) is 4.98. The van der Waals surface area contributed by atoms with Gasteiger partial charge in [-0.05, 0) is 30.3 Å². The van der Waals surface area contributed by atoms with Gasteiger partial charge in [-0.1, -0.05) is 18.2 Å². The van der Waals surface area contributed by atoms with E-state index in [1.165, 1.54) is 0 Å². The first kappa shape index (κ1) is 13.2. The molecule has 0 bridgehead atoms. The number of hydrogen-bond acceptors (Lipinski definition) is 2. The van der Waals surface area contributed by atoms with Gasteiger partial charge in [0.2, 0.25) is 0 Å². The van der Waals surface area contributed by atoms with E-state index in [0.29, 0.717) is 11.3 Å². The SMILES string of the molecule is CN(C(=O)c1cn(C)c2ccccc12)c1ccc(N)cc1. The molecule has 0 unspecified atom stereocenters. The smallest absolute Gasteiger partial charge is 0.260 e. The lowest BCUT2D eigenvalue weighted by Crippen LogP contribution is -2.26. The number of para-hydroxylation sites is 1. The molecular formula is C17H17N3O. The Hall–Kier alpha value is -2.75. The van der Waals surface area contributed by atoms with Gasteiger partial charge >= 0.3 is 0 Å². The van der Waals surface area contributed by atoms with Gasteiger partial charge in [0.15, 0.2) is 0 Å². The molecule has 0 atom stereocenters. The van der Waals surface area contributed by atoms with Crippen molar-refractivity contribution in [3.05, 3.63) is 60.3 Å². The highest BCUT2D eigenvalue weighted by Crippen LogP contribution is 2.24. The Kier molecular flexibility index (Phi) is 3.14. The molecular weight excluding hydrogens is 262 g/mol. The standard InChI is InChI=1S/C17H17N3O/c1-19-11-15(14-5-3-4-6-16(14)19)17(21)20(2)13-9-7-12(18)8-10-13/h3-11H,18H2,1-2H3. The largest absolute Gasteiger partial charge is 0.399 e. The van der Waals surface area contributed by atoms with Crippen LogP contribution < -0.4 is 10.6 Å². The lowest BCUT2D eigenvalue weighted by atomic mass is 10.1. The minimum atomic E-state index is -0.0310. The molecule has 4 heteroatoms. The summed E-state index contributed by atoms with van der Waals surface area (Å²) < 4.78 is 1.97. The number of nitrogens with zero attached hydrogens (tertiary/aromatic N) is 2. The predicted octanol–water partition coefficient (Wildman–Crippen LogP) is 3.04. The van der Waals surface area contributed by atoms with Gasteiger partial charge in [0.25, 0.3) is 5.91 Å². The van der Waals surface area contributed by atoms with Gasteiger partial charge in [-0.3, -0.25) is 4.79 Å². The van der Waals surface area contributed by atoms with Crippen LogP contribution in [0.2, 0.25) is 0 Å². The second-order valence-corrected chi connectivity index (χ2v) is 5.13. The minimum Gasteiger partial charge on any atom is -0.399 e. The van der Waals surface area contributed by atoms with Crippen LogP contribution >= 0.6 is 0 Å². The highest BCUT2D eigenvalue weighted by molar-refractivity contribution is 6.13. The van der Waals surface area contributed by atoms with Crippen LogP contribution in [0.4, 0.5) is 11.4 Å². The summed E-state index contributed by atoms with van der Waals surface area (Å²) >= 11 is 0. The monoisotopic (exact) mass is 279 g/mol. The summed E-state index contributed by atoms with van der Waals surface area (Å²) in [5, 5.41) is 0.965. The Morgan fingerprint density at radius 2 is 1.76 bits per heavy atom. The van der Waals surface area contributed by atoms with Crippen LogP contribution in [0.3, 0.4) is 0 Å². The third-order valence-corrected chi connectivity index (χ3v) is 3.71. The minimum absolute atomic E-state index is 0.0310. The fourth-order valence-corrected chi connectivity index (χ4v) is 2.51. The van der Waals surface area contributed by atoms with Crippen LogP contribution in [0.15, 0.2) is 54.7 Å². The van der Waals surface area contributed by atoms with E-state index in [2.05, 4.69) is 0 Å².